The minimum absolute atomic E-state index is 0.0490. The van der Waals surface area contributed by atoms with E-state index in [1.807, 2.05) is 62.2 Å². The van der Waals surface area contributed by atoms with Gasteiger partial charge in [-0.3, -0.25) is 14.9 Å². The van der Waals surface area contributed by atoms with Crippen LogP contribution in [0.25, 0.3) is 33.2 Å². The first kappa shape index (κ1) is 26.6. The van der Waals surface area contributed by atoms with Crippen LogP contribution in [0.3, 0.4) is 0 Å². The van der Waals surface area contributed by atoms with E-state index in [4.69, 9.17) is 9.53 Å². The molecule has 0 radical (unpaired) electrons. The van der Waals surface area contributed by atoms with Gasteiger partial charge >= 0.3 is 5.97 Å². The Balaban J connectivity index is 0.00000164. The maximum Gasteiger partial charge on any atom is 0.328 e. The van der Waals surface area contributed by atoms with Crippen molar-refractivity contribution >= 4 is 46.4 Å². The van der Waals surface area contributed by atoms with Crippen molar-refractivity contribution in [3.05, 3.63) is 59.7 Å². The van der Waals surface area contributed by atoms with Gasteiger partial charge < -0.3 is 30.1 Å². The van der Waals surface area contributed by atoms with E-state index in [9.17, 15) is 14.4 Å². The van der Waals surface area contributed by atoms with Gasteiger partial charge in [-0.2, -0.15) is 0 Å². The number of hydrogen-bond acceptors (Lipinski definition) is 6. The minimum Gasteiger partial charge on any atom is -0.467 e. The van der Waals surface area contributed by atoms with E-state index >= 15 is 0 Å². The lowest BCUT2D eigenvalue weighted by Crippen LogP contribution is -2.47. The van der Waals surface area contributed by atoms with Crippen LogP contribution >= 0.6 is 0 Å². The molecule has 10 heteroatoms. The standard InChI is InChI=1S/C27H29N5O4.CH2O/c1-15-11-18-16-7-3-5-9-20(16)31-24(18)25-19(17-8-4-6-10-21(17)32-25)12-22(27(35)36-2)30-23(33)13-28-14-29-26(15)34;1-2/h3-10,15,22,28,31-32H,11-14H2,1-2H3,(H,29,34)(H,30,33);1H2/t15?,22-;/m0./s1. The van der Waals surface area contributed by atoms with Gasteiger partial charge in [-0.25, -0.2) is 4.79 Å². The number of methoxy groups -OCH3 is 1. The van der Waals surface area contributed by atoms with Crippen molar-refractivity contribution in [3.8, 4) is 11.4 Å². The lowest BCUT2D eigenvalue weighted by atomic mass is 9.94. The second-order valence-corrected chi connectivity index (χ2v) is 9.15. The number of H-pyrrole nitrogens is 2. The molecule has 5 rings (SSSR count). The molecular weight excluding hydrogens is 486 g/mol. The number of rotatable bonds is 1. The van der Waals surface area contributed by atoms with Crippen molar-refractivity contribution in [1.29, 1.82) is 0 Å². The van der Waals surface area contributed by atoms with Gasteiger partial charge in [0.15, 0.2) is 0 Å². The van der Waals surface area contributed by atoms with E-state index in [2.05, 4.69) is 25.9 Å². The molecule has 0 fully saturated rings. The van der Waals surface area contributed by atoms with Gasteiger partial charge in [0.1, 0.15) is 12.8 Å². The summed E-state index contributed by atoms with van der Waals surface area (Å²) in [6.45, 7) is 3.99. The molecule has 0 bridgehead atoms. The van der Waals surface area contributed by atoms with Crippen LogP contribution < -0.4 is 16.0 Å². The van der Waals surface area contributed by atoms with Crippen LogP contribution in [0.4, 0.5) is 0 Å². The second-order valence-electron chi connectivity index (χ2n) is 9.15. The van der Waals surface area contributed by atoms with Gasteiger partial charge in [0.05, 0.1) is 31.7 Å². The predicted octanol–water partition coefficient (Wildman–Crippen LogP) is 2.19. The number of para-hydroxylation sites is 2. The number of ether oxygens (including phenoxy) is 1. The Morgan fingerprint density at radius 1 is 0.895 bits per heavy atom. The summed E-state index contributed by atoms with van der Waals surface area (Å²) in [5.74, 6) is -1.31. The number of esters is 1. The maximum absolute atomic E-state index is 12.8. The number of hydrogen-bond donors (Lipinski definition) is 5. The van der Waals surface area contributed by atoms with E-state index in [-0.39, 0.29) is 37.4 Å². The third-order valence-corrected chi connectivity index (χ3v) is 6.74. The molecule has 3 heterocycles. The summed E-state index contributed by atoms with van der Waals surface area (Å²) in [7, 11) is 1.31. The number of aromatic nitrogens is 2. The van der Waals surface area contributed by atoms with Crippen molar-refractivity contribution in [2.45, 2.75) is 25.8 Å². The second kappa shape index (κ2) is 11.7. The summed E-state index contributed by atoms with van der Waals surface area (Å²) in [5.41, 5.74) is 5.46. The summed E-state index contributed by atoms with van der Waals surface area (Å²) < 4.78 is 5.03. The van der Waals surface area contributed by atoms with Crippen molar-refractivity contribution in [2.24, 2.45) is 5.92 Å². The van der Waals surface area contributed by atoms with Crippen LogP contribution in [0.2, 0.25) is 0 Å². The zero-order valence-electron chi connectivity index (χ0n) is 21.4. The van der Waals surface area contributed by atoms with E-state index in [0.29, 0.717) is 6.42 Å². The predicted molar refractivity (Wildman–Crippen MR) is 144 cm³/mol. The molecule has 0 aliphatic carbocycles. The lowest BCUT2D eigenvalue weighted by molar-refractivity contribution is -0.144. The zero-order valence-corrected chi connectivity index (χ0v) is 21.4. The lowest BCUT2D eigenvalue weighted by Gasteiger charge is -2.17. The molecule has 1 aliphatic rings. The zero-order chi connectivity index (χ0) is 27.2. The molecule has 4 aromatic rings. The van der Waals surface area contributed by atoms with E-state index < -0.39 is 12.0 Å². The normalized spacial score (nSPS) is 18.6. The van der Waals surface area contributed by atoms with Crippen molar-refractivity contribution < 1.29 is 23.9 Å². The third kappa shape index (κ3) is 5.30. The number of amides is 2. The Kier molecular flexibility index (Phi) is 8.22. The van der Waals surface area contributed by atoms with Crippen molar-refractivity contribution in [1.82, 2.24) is 25.9 Å². The highest BCUT2D eigenvalue weighted by molar-refractivity contribution is 5.97. The fourth-order valence-electron chi connectivity index (χ4n) is 4.93. The summed E-state index contributed by atoms with van der Waals surface area (Å²) in [6, 6.07) is 15.0. The van der Waals surface area contributed by atoms with Crippen molar-refractivity contribution in [3.63, 3.8) is 0 Å². The number of nitrogens with one attached hydrogen (secondary N) is 5. The maximum atomic E-state index is 12.8. The Morgan fingerprint density at radius 2 is 1.45 bits per heavy atom. The fraction of sp³-hybridized carbons (Fsp3) is 0.286. The molecule has 0 saturated heterocycles. The van der Waals surface area contributed by atoms with Gasteiger partial charge in [-0.15, -0.1) is 0 Å². The highest BCUT2D eigenvalue weighted by atomic mass is 16.5. The summed E-state index contributed by atoms with van der Waals surface area (Å²) in [4.78, 5) is 53.3. The van der Waals surface area contributed by atoms with Gasteiger partial charge in [0, 0.05) is 34.1 Å². The molecule has 2 aromatic carbocycles. The molecule has 0 spiro atoms. The molecular formula is C28H31N5O5. The molecule has 5 N–H and O–H groups in total. The Labute approximate surface area is 219 Å². The van der Waals surface area contributed by atoms with Crippen LogP contribution in [0.15, 0.2) is 48.5 Å². The van der Waals surface area contributed by atoms with E-state index in [1.54, 1.807) is 0 Å². The van der Waals surface area contributed by atoms with Gasteiger partial charge in [0.2, 0.25) is 11.8 Å². The summed E-state index contributed by atoms with van der Waals surface area (Å²) >= 11 is 0. The number of benzene rings is 2. The molecule has 2 atom stereocenters. The monoisotopic (exact) mass is 517 g/mol. The SMILES string of the molecule is C=O.COC(=O)[C@@H]1Cc2c([nH]c3ccccc23)-c2[nH]c3ccccc3c2CC(C)C(=O)NCNCC(=O)N1. The fourth-order valence-corrected chi connectivity index (χ4v) is 4.93. The van der Waals surface area contributed by atoms with Gasteiger partial charge in [0.25, 0.3) is 0 Å². The number of fused-ring (bicyclic) bond motifs is 7. The third-order valence-electron chi connectivity index (χ3n) is 6.74. The average molecular weight is 518 g/mol. The molecule has 1 unspecified atom stereocenters. The largest absolute Gasteiger partial charge is 0.467 e. The smallest absolute Gasteiger partial charge is 0.328 e. The van der Waals surface area contributed by atoms with Crippen LogP contribution in [0.1, 0.15) is 18.1 Å². The van der Waals surface area contributed by atoms with E-state index in [0.717, 1.165) is 44.3 Å². The first-order chi connectivity index (χ1) is 18.5. The van der Waals surface area contributed by atoms with Crippen LogP contribution in [-0.2, 0) is 36.8 Å². The Hall–Kier alpha value is -4.44. The Morgan fingerprint density at radius 3 is 2.03 bits per heavy atom. The molecule has 0 saturated carbocycles. The number of aromatic amines is 2. The molecule has 2 aromatic heterocycles. The quantitative estimate of drug-likeness (QED) is 0.245. The van der Waals surface area contributed by atoms with Crippen LogP contribution in [-0.4, -0.2) is 60.9 Å². The summed E-state index contributed by atoms with van der Waals surface area (Å²) in [5, 5.41) is 10.5. The van der Waals surface area contributed by atoms with E-state index in [1.165, 1.54) is 7.11 Å². The number of carbonyl (C=O) groups is 4. The molecule has 10 nitrogen and oxygen atoms in total. The minimum atomic E-state index is -0.881. The molecule has 1 aliphatic heterocycles. The molecule has 198 valence electrons. The average Bonchev–Trinajstić information content (AvgIpc) is 3.49. The Bertz CT molecular complexity index is 1470. The van der Waals surface area contributed by atoms with Crippen LogP contribution in [0.5, 0.6) is 0 Å². The molecule has 2 amide bonds. The van der Waals surface area contributed by atoms with Gasteiger partial charge in [-0.05, 0) is 29.7 Å². The molecule has 38 heavy (non-hydrogen) atoms. The first-order valence-corrected chi connectivity index (χ1v) is 12.3. The van der Waals surface area contributed by atoms with Crippen LogP contribution in [0, 0.1) is 5.92 Å². The van der Waals surface area contributed by atoms with Crippen molar-refractivity contribution in [2.75, 3.05) is 20.3 Å². The summed E-state index contributed by atoms with van der Waals surface area (Å²) in [6.07, 6.45) is 0.747. The topological polar surface area (TPSA) is 145 Å². The highest BCUT2D eigenvalue weighted by Gasteiger charge is 2.28. The number of carbonyl (C=O) groups excluding carboxylic acids is 4. The first-order valence-electron chi connectivity index (χ1n) is 12.3. The van der Waals surface area contributed by atoms with Gasteiger partial charge in [-0.1, -0.05) is 43.3 Å². The highest BCUT2D eigenvalue weighted by Crippen LogP contribution is 2.37.